The number of carboxylic acid groups (broad SMARTS) is 2. The number of aromatic nitrogens is 1. The average Bonchev–Trinajstić information content (AvgIpc) is 3.46. The number of likely N-dealkylation sites (tertiary alicyclic amines) is 1. The molecule has 3 aromatic carbocycles. The van der Waals surface area contributed by atoms with Gasteiger partial charge in [0, 0.05) is 30.4 Å². The van der Waals surface area contributed by atoms with Crippen molar-refractivity contribution in [1.29, 1.82) is 0 Å². The summed E-state index contributed by atoms with van der Waals surface area (Å²) in [5.41, 5.74) is 2.42. The Bertz CT molecular complexity index is 1860. The molecule has 4 aromatic rings. The summed E-state index contributed by atoms with van der Waals surface area (Å²) in [7, 11) is 0. The first-order valence-electron chi connectivity index (χ1n) is 13.4. The molecule has 1 saturated heterocycles. The maximum Gasteiger partial charge on any atom is 0.335 e. The summed E-state index contributed by atoms with van der Waals surface area (Å²) in [5, 5.41) is 24.0. The maximum atomic E-state index is 13.3. The van der Waals surface area contributed by atoms with E-state index in [9.17, 15) is 34.2 Å². The number of aromatic amines is 1. The number of hydrogen-bond donors (Lipinski definition) is 5. The molecule has 2 heterocycles. The SMILES string of the molecule is [C-]#[N+]C(=C1CCN(C(=O)C(=O)c2c[nH]c3c(NC(=O)Nc4cc(C(=O)O)cc(C(=O)O)c4)cccc23)CC1)c1ccccc1. The van der Waals surface area contributed by atoms with Crippen molar-refractivity contribution in [2.24, 2.45) is 0 Å². The van der Waals surface area contributed by atoms with Crippen LogP contribution in [0.15, 0.2) is 78.5 Å². The van der Waals surface area contributed by atoms with Crippen LogP contribution in [0.2, 0.25) is 0 Å². The number of ketones is 1. The highest BCUT2D eigenvalue weighted by Gasteiger charge is 2.29. The Kier molecular flexibility index (Phi) is 8.21. The van der Waals surface area contributed by atoms with Crippen molar-refractivity contribution < 1.29 is 34.2 Å². The number of benzene rings is 3. The number of nitrogens with one attached hydrogen (secondary N) is 3. The van der Waals surface area contributed by atoms with Crippen LogP contribution in [0, 0.1) is 6.57 Å². The lowest BCUT2D eigenvalue weighted by Gasteiger charge is -2.28. The van der Waals surface area contributed by atoms with Crippen molar-refractivity contribution >= 4 is 57.6 Å². The normalized spacial score (nSPS) is 12.7. The third kappa shape index (κ3) is 6.02. The van der Waals surface area contributed by atoms with E-state index in [2.05, 4.69) is 20.5 Å². The molecule has 3 amide bonds. The minimum Gasteiger partial charge on any atom is -0.478 e. The number of aromatic carboxylic acids is 2. The third-order valence-corrected chi connectivity index (χ3v) is 7.24. The van der Waals surface area contributed by atoms with Gasteiger partial charge in [0.2, 0.25) is 0 Å². The molecule has 5 N–H and O–H groups in total. The monoisotopic (exact) mass is 591 g/mol. The van der Waals surface area contributed by atoms with Crippen LogP contribution in [0.4, 0.5) is 16.2 Å². The molecule has 0 bridgehead atoms. The van der Waals surface area contributed by atoms with Gasteiger partial charge in [0.05, 0.1) is 34.5 Å². The second kappa shape index (κ2) is 12.3. The number of H-pyrrole nitrogens is 1. The van der Waals surface area contributed by atoms with Crippen molar-refractivity contribution in [3.63, 3.8) is 0 Å². The van der Waals surface area contributed by atoms with Crippen molar-refractivity contribution in [1.82, 2.24) is 9.88 Å². The number of amides is 3. The molecular weight excluding hydrogens is 566 g/mol. The van der Waals surface area contributed by atoms with Gasteiger partial charge in [-0.1, -0.05) is 48.0 Å². The van der Waals surface area contributed by atoms with Gasteiger partial charge < -0.3 is 30.7 Å². The largest absolute Gasteiger partial charge is 0.478 e. The van der Waals surface area contributed by atoms with Gasteiger partial charge in [-0.2, -0.15) is 0 Å². The molecule has 1 aliphatic rings. The van der Waals surface area contributed by atoms with Crippen molar-refractivity contribution in [2.45, 2.75) is 12.8 Å². The Hall–Kier alpha value is -6.22. The van der Waals surface area contributed by atoms with Crippen LogP contribution in [-0.2, 0) is 4.79 Å². The summed E-state index contributed by atoms with van der Waals surface area (Å²) in [6.45, 7) is 8.23. The second-order valence-electron chi connectivity index (χ2n) is 9.97. The van der Waals surface area contributed by atoms with E-state index in [0.717, 1.165) is 29.3 Å². The lowest BCUT2D eigenvalue weighted by atomic mass is 9.97. The number of hydrogen-bond acceptors (Lipinski definition) is 5. The molecule has 1 fully saturated rings. The molecule has 0 saturated carbocycles. The topological polar surface area (TPSA) is 173 Å². The zero-order valence-electron chi connectivity index (χ0n) is 23.1. The highest BCUT2D eigenvalue weighted by atomic mass is 16.4. The number of fused-ring (bicyclic) bond motifs is 1. The molecule has 12 heteroatoms. The number of carbonyl (C=O) groups is 5. The predicted octanol–water partition coefficient (Wildman–Crippen LogP) is 5.34. The van der Waals surface area contributed by atoms with E-state index >= 15 is 0 Å². The van der Waals surface area contributed by atoms with Gasteiger partial charge in [0.1, 0.15) is 0 Å². The predicted molar refractivity (Wildman–Crippen MR) is 161 cm³/mol. The minimum atomic E-state index is -1.36. The van der Waals surface area contributed by atoms with Crippen LogP contribution in [0.1, 0.15) is 49.5 Å². The summed E-state index contributed by atoms with van der Waals surface area (Å²) >= 11 is 0. The summed E-state index contributed by atoms with van der Waals surface area (Å²) in [4.78, 5) is 70.1. The Morgan fingerprint density at radius 1 is 0.818 bits per heavy atom. The fourth-order valence-electron chi connectivity index (χ4n) is 5.10. The zero-order chi connectivity index (χ0) is 31.4. The van der Waals surface area contributed by atoms with E-state index < -0.39 is 29.7 Å². The van der Waals surface area contributed by atoms with Crippen molar-refractivity contribution in [3.8, 4) is 0 Å². The van der Waals surface area contributed by atoms with E-state index in [1.807, 2.05) is 30.3 Å². The molecule has 0 atom stereocenters. The zero-order valence-corrected chi connectivity index (χ0v) is 23.1. The van der Waals surface area contributed by atoms with E-state index in [0.29, 0.717) is 42.5 Å². The summed E-state index contributed by atoms with van der Waals surface area (Å²) in [6, 6.07) is 16.6. The van der Waals surface area contributed by atoms with Crippen LogP contribution in [0.5, 0.6) is 0 Å². The molecule has 1 aromatic heterocycles. The standard InChI is InChI=1S/C32H25N5O7/c1-33-26(18-6-3-2-4-7-18)19-10-12-37(13-11-19)29(39)28(38)24-17-34-27-23(24)8-5-9-25(27)36-32(44)35-22-15-20(30(40)41)14-21(16-22)31(42)43/h2-9,14-17,34H,10-13H2,(H,40,41)(H,42,43)(H2,35,36,44). The van der Waals surface area contributed by atoms with Gasteiger partial charge in [-0.05, 0) is 42.7 Å². The number of carbonyl (C=O) groups excluding carboxylic acids is 3. The highest BCUT2D eigenvalue weighted by Crippen LogP contribution is 2.30. The molecule has 0 spiro atoms. The first kappa shape index (κ1) is 29.3. The van der Waals surface area contributed by atoms with Crippen LogP contribution in [-0.4, -0.2) is 62.8 Å². The van der Waals surface area contributed by atoms with Crippen molar-refractivity contribution in [2.75, 3.05) is 23.7 Å². The van der Waals surface area contributed by atoms with E-state index in [1.165, 1.54) is 11.1 Å². The van der Waals surface area contributed by atoms with E-state index in [4.69, 9.17) is 6.57 Å². The molecule has 220 valence electrons. The Morgan fingerprint density at radius 2 is 1.48 bits per heavy atom. The lowest BCUT2D eigenvalue weighted by Crippen LogP contribution is -2.40. The summed E-state index contributed by atoms with van der Waals surface area (Å²) in [5.74, 6) is -4.11. The molecule has 1 aliphatic heterocycles. The Labute approximate surface area is 250 Å². The molecule has 44 heavy (non-hydrogen) atoms. The lowest BCUT2D eigenvalue weighted by molar-refractivity contribution is -0.126. The van der Waals surface area contributed by atoms with Crippen molar-refractivity contribution in [3.05, 3.63) is 112 Å². The third-order valence-electron chi connectivity index (χ3n) is 7.24. The fraction of sp³-hybridized carbons (Fsp3) is 0.125. The molecule has 0 unspecified atom stereocenters. The minimum absolute atomic E-state index is 0.0493. The van der Waals surface area contributed by atoms with Gasteiger partial charge >= 0.3 is 18.0 Å². The number of piperidine rings is 1. The Morgan fingerprint density at radius 3 is 2.09 bits per heavy atom. The number of para-hydroxylation sites is 1. The summed E-state index contributed by atoms with van der Waals surface area (Å²) < 4.78 is 0. The number of Topliss-reactive ketones (excluding diaryl/α,β-unsaturated/α-hetero) is 1. The fourth-order valence-corrected chi connectivity index (χ4v) is 5.10. The maximum absolute atomic E-state index is 13.3. The molecule has 0 radical (unpaired) electrons. The second-order valence-corrected chi connectivity index (χ2v) is 9.97. The van der Waals surface area contributed by atoms with Gasteiger partial charge in [0.25, 0.3) is 11.7 Å². The van der Waals surface area contributed by atoms with Crippen LogP contribution >= 0.6 is 0 Å². The number of anilines is 2. The molecule has 5 rings (SSSR count). The van der Waals surface area contributed by atoms with E-state index in [1.54, 1.807) is 18.2 Å². The number of rotatable bonds is 7. The first-order chi connectivity index (χ1) is 21.2. The average molecular weight is 592 g/mol. The van der Waals surface area contributed by atoms with Crippen LogP contribution in [0.25, 0.3) is 21.4 Å². The molecular formula is C32H25N5O7. The number of carboxylic acids is 2. The van der Waals surface area contributed by atoms with E-state index in [-0.39, 0.29) is 28.1 Å². The molecule has 0 aliphatic carbocycles. The first-order valence-corrected chi connectivity index (χ1v) is 13.4. The van der Waals surface area contributed by atoms with Gasteiger partial charge in [-0.25, -0.2) is 19.2 Å². The summed E-state index contributed by atoms with van der Waals surface area (Å²) in [6.07, 6.45) is 2.35. The quantitative estimate of drug-likeness (QED) is 0.109. The van der Waals surface area contributed by atoms with Crippen LogP contribution in [0.3, 0.4) is 0 Å². The van der Waals surface area contributed by atoms with Gasteiger partial charge in [-0.15, -0.1) is 0 Å². The number of urea groups is 1. The van der Waals surface area contributed by atoms with Gasteiger partial charge in [0.15, 0.2) is 5.70 Å². The van der Waals surface area contributed by atoms with Gasteiger partial charge in [-0.3, -0.25) is 9.59 Å². The Balaban J connectivity index is 1.29. The smallest absolute Gasteiger partial charge is 0.335 e. The molecule has 12 nitrogen and oxygen atoms in total. The van der Waals surface area contributed by atoms with Crippen LogP contribution < -0.4 is 10.6 Å². The highest BCUT2D eigenvalue weighted by molar-refractivity contribution is 6.45. The number of nitrogens with zero attached hydrogens (tertiary/aromatic N) is 2.